The van der Waals surface area contributed by atoms with E-state index in [0.29, 0.717) is 23.1 Å². The van der Waals surface area contributed by atoms with Crippen LogP contribution in [-0.2, 0) is 0 Å². The highest BCUT2D eigenvalue weighted by molar-refractivity contribution is 6.30. The predicted octanol–water partition coefficient (Wildman–Crippen LogP) is 2.02. The number of benzene rings is 1. The number of rotatable bonds is 3. The fraction of sp³-hybridized carbons (Fsp3) is 0.250. The van der Waals surface area contributed by atoms with Crippen LogP contribution in [0.2, 0.25) is 5.02 Å². The normalized spacial score (nSPS) is 9.58. The van der Waals surface area contributed by atoms with Crippen LogP contribution in [0.3, 0.4) is 0 Å². The van der Waals surface area contributed by atoms with Crippen LogP contribution in [0, 0.1) is 0 Å². The first-order chi connectivity index (χ1) is 5.77. The third-order valence-corrected chi connectivity index (χ3v) is 1.63. The van der Waals surface area contributed by atoms with Crippen molar-refractivity contribution < 1.29 is 4.74 Å². The summed E-state index contributed by atoms with van der Waals surface area (Å²) in [6.07, 6.45) is 0. The number of nitrogens with two attached hydrogens (primary N) is 1. The van der Waals surface area contributed by atoms with Gasteiger partial charge >= 0.3 is 0 Å². The Morgan fingerprint density at radius 1 is 1.58 bits per heavy atom. The van der Waals surface area contributed by atoms with Crippen molar-refractivity contribution in [2.24, 2.45) is 5.84 Å². The quantitative estimate of drug-likeness (QED) is 0.561. The molecule has 1 rings (SSSR count). The van der Waals surface area contributed by atoms with Crippen molar-refractivity contribution in [3.8, 4) is 5.75 Å². The first kappa shape index (κ1) is 9.16. The fourth-order valence-electron chi connectivity index (χ4n) is 0.896. The van der Waals surface area contributed by atoms with Crippen molar-refractivity contribution in [2.45, 2.75) is 6.92 Å². The van der Waals surface area contributed by atoms with Gasteiger partial charge in [-0.25, -0.2) is 0 Å². The highest BCUT2D eigenvalue weighted by atomic mass is 35.5. The molecule has 0 aromatic heterocycles. The molecule has 3 nitrogen and oxygen atoms in total. The van der Waals surface area contributed by atoms with Crippen LogP contribution in [0.25, 0.3) is 0 Å². The van der Waals surface area contributed by atoms with E-state index < -0.39 is 0 Å². The van der Waals surface area contributed by atoms with Crippen molar-refractivity contribution in [2.75, 3.05) is 12.0 Å². The molecule has 66 valence electrons. The smallest absolute Gasteiger partial charge is 0.143 e. The summed E-state index contributed by atoms with van der Waals surface area (Å²) in [5, 5.41) is 0.631. The zero-order valence-corrected chi connectivity index (χ0v) is 7.56. The van der Waals surface area contributed by atoms with Gasteiger partial charge in [-0.05, 0) is 25.1 Å². The molecule has 0 aliphatic rings. The molecule has 0 spiro atoms. The molecule has 0 saturated carbocycles. The van der Waals surface area contributed by atoms with Crippen LogP contribution in [0.5, 0.6) is 5.75 Å². The molecule has 0 amide bonds. The van der Waals surface area contributed by atoms with Gasteiger partial charge in [0.05, 0.1) is 12.3 Å². The summed E-state index contributed by atoms with van der Waals surface area (Å²) in [6, 6.07) is 5.25. The van der Waals surface area contributed by atoms with E-state index in [1.165, 1.54) is 0 Å². The van der Waals surface area contributed by atoms with E-state index in [9.17, 15) is 0 Å². The van der Waals surface area contributed by atoms with Gasteiger partial charge in [-0.3, -0.25) is 5.84 Å². The summed E-state index contributed by atoms with van der Waals surface area (Å²) < 4.78 is 5.28. The van der Waals surface area contributed by atoms with Crippen molar-refractivity contribution in [1.29, 1.82) is 0 Å². The Balaban J connectivity index is 2.94. The Morgan fingerprint density at radius 2 is 2.33 bits per heavy atom. The van der Waals surface area contributed by atoms with E-state index >= 15 is 0 Å². The molecule has 3 N–H and O–H groups in total. The van der Waals surface area contributed by atoms with Gasteiger partial charge in [0.25, 0.3) is 0 Å². The number of halogens is 1. The molecular formula is C8H11ClN2O. The lowest BCUT2D eigenvalue weighted by atomic mass is 10.3. The highest BCUT2D eigenvalue weighted by Gasteiger charge is 2.01. The van der Waals surface area contributed by atoms with Gasteiger partial charge in [0.2, 0.25) is 0 Å². The Bertz CT molecular complexity index is 265. The maximum absolute atomic E-state index is 5.74. The average molecular weight is 187 g/mol. The second kappa shape index (κ2) is 4.18. The van der Waals surface area contributed by atoms with Gasteiger partial charge in [-0.1, -0.05) is 11.6 Å². The van der Waals surface area contributed by atoms with Crippen molar-refractivity contribution in [1.82, 2.24) is 0 Å². The van der Waals surface area contributed by atoms with Gasteiger partial charge in [-0.2, -0.15) is 0 Å². The largest absolute Gasteiger partial charge is 0.492 e. The Morgan fingerprint density at radius 3 is 2.92 bits per heavy atom. The molecule has 0 aliphatic carbocycles. The first-order valence-corrected chi connectivity index (χ1v) is 4.04. The zero-order valence-electron chi connectivity index (χ0n) is 6.80. The van der Waals surface area contributed by atoms with E-state index in [0.717, 1.165) is 0 Å². The molecule has 0 fully saturated rings. The van der Waals surface area contributed by atoms with Crippen LogP contribution in [-0.4, -0.2) is 6.61 Å². The van der Waals surface area contributed by atoms with Crippen molar-refractivity contribution in [3.05, 3.63) is 23.2 Å². The Labute approximate surface area is 76.4 Å². The molecule has 0 bridgehead atoms. The van der Waals surface area contributed by atoms with E-state index in [1.54, 1.807) is 18.2 Å². The maximum Gasteiger partial charge on any atom is 0.143 e. The lowest BCUT2D eigenvalue weighted by molar-refractivity contribution is 0.342. The number of anilines is 1. The molecule has 1 aromatic carbocycles. The number of hydrazine groups is 1. The van der Waals surface area contributed by atoms with Gasteiger partial charge in [0, 0.05) is 5.02 Å². The minimum Gasteiger partial charge on any atom is -0.492 e. The minimum absolute atomic E-state index is 0.607. The van der Waals surface area contributed by atoms with E-state index in [-0.39, 0.29) is 0 Å². The van der Waals surface area contributed by atoms with Crippen LogP contribution >= 0.6 is 11.6 Å². The lowest BCUT2D eigenvalue weighted by Crippen LogP contribution is -2.08. The number of hydrogen-bond acceptors (Lipinski definition) is 3. The Hall–Kier alpha value is -0.930. The van der Waals surface area contributed by atoms with Crippen LogP contribution in [0.15, 0.2) is 18.2 Å². The second-order valence-corrected chi connectivity index (χ2v) is 2.65. The topological polar surface area (TPSA) is 47.3 Å². The minimum atomic E-state index is 0.607. The molecule has 0 atom stereocenters. The number of ether oxygens (including phenoxy) is 1. The summed E-state index contributed by atoms with van der Waals surface area (Å²) in [4.78, 5) is 0. The molecule has 0 radical (unpaired) electrons. The third kappa shape index (κ3) is 2.03. The molecule has 12 heavy (non-hydrogen) atoms. The van der Waals surface area contributed by atoms with Crippen LogP contribution in [0.4, 0.5) is 5.69 Å². The monoisotopic (exact) mass is 186 g/mol. The lowest BCUT2D eigenvalue weighted by Gasteiger charge is -2.08. The molecule has 0 aliphatic heterocycles. The first-order valence-electron chi connectivity index (χ1n) is 3.67. The molecule has 0 unspecified atom stereocenters. The predicted molar refractivity (Wildman–Crippen MR) is 50.4 cm³/mol. The number of hydrogen-bond donors (Lipinski definition) is 2. The number of nitrogens with one attached hydrogen (secondary N) is 1. The van der Waals surface area contributed by atoms with E-state index in [4.69, 9.17) is 22.2 Å². The van der Waals surface area contributed by atoms with Gasteiger partial charge in [0.15, 0.2) is 0 Å². The molecule has 1 aromatic rings. The zero-order chi connectivity index (χ0) is 8.97. The van der Waals surface area contributed by atoms with E-state index in [1.807, 2.05) is 6.92 Å². The SMILES string of the molecule is CCOc1ccc(Cl)cc1NN. The van der Waals surface area contributed by atoms with E-state index in [2.05, 4.69) is 5.43 Å². The van der Waals surface area contributed by atoms with Crippen LogP contribution < -0.4 is 16.0 Å². The standard InChI is InChI=1S/C8H11ClN2O/c1-2-12-8-4-3-6(9)5-7(8)11-10/h3-5,11H,2,10H2,1H3. The highest BCUT2D eigenvalue weighted by Crippen LogP contribution is 2.26. The summed E-state index contributed by atoms with van der Waals surface area (Å²) in [5.74, 6) is 5.97. The summed E-state index contributed by atoms with van der Waals surface area (Å²) in [5.41, 5.74) is 3.21. The van der Waals surface area contributed by atoms with Gasteiger partial charge in [-0.15, -0.1) is 0 Å². The summed E-state index contributed by atoms with van der Waals surface area (Å²) in [7, 11) is 0. The van der Waals surface area contributed by atoms with Gasteiger partial charge < -0.3 is 10.2 Å². The number of nitrogen functional groups attached to an aromatic ring is 1. The van der Waals surface area contributed by atoms with Crippen molar-refractivity contribution >= 4 is 17.3 Å². The molecule has 4 heteroatoms. The molecular weight excluding hydrogens is 176 g/mol. The second-order valence-electron chi connectivity index (χ2n) is 2.22. The van der Waals surface area contributed by atoms with Gasteiger partial charge in [0.1, 0.15) is 5.75 Å². The van der Waals surface area contributed by atoms with Crippen molar-refractivity contribution in [3.63, 3.8) is 0 Å². The third-order valence-electron chi connectivity index (χ3n) is 1.40. The summed E-state index contributed by atoms with van der Waals surface area (Å²) in [6.45, 7) is 2.52. The molecule has 0 saturated heterocycles. The molecule has 0 heterocycles. The average Bonchev–Trinajstić information content (AvgIpc) is 2.08. The Kier molecular flexibility index (Phi) is 3.19. The summed E-state index contributed by atoms with van der Waals surface area (Å²) >= 11 is 5.74. The maximum atomic E-state index is 5.74. The van der Waals surface area contributed by atoms with Crippen LogP contribution in [0.1, 0.15) is 6.92 Å². The fourth-order valence-corrected chi connectivity index (χ4v) is 1.07.